The van der Waals surface area contributed by atoms with E-state index in [0.29, 0.717) is 18.7 Å². The number of hydrogen-bond donors (Lipinski definition) is 3. The van der Waals surface area contributed by atoms with Gasteiger partial charge in [0.1, 0.15) is 0 Å². The van der Waals surface area contributed by atoms with Gasteiger partial charge in [-0.1, -0.05) is 12.1 Å². The van der Waals surface area contributed by atoms with E-state index in [2.05, 4.69) is 5.32 Å². The number of rotatable bonds is 4. The highest BCUT2D eigenvalue weighted by Crippen LogP contribution is 2.15. The molecule has 114 valence electrons. The quantitative estimate of drug-likeness (QED) is 0.786. The second-order valence-electron chi connectivity index (χ2n) is 5.37. The second kappa shape index (κ2) is 7.08. The molecule has 0 spiro atoms. The molecule has 0 bridgehead atoms. The summed E-state index contributed by atoms with van der Waals surface area (Å²) in [4.78, 5) is 24.5. The van der Waals surface area contributed by atoms with Crippen molar-refractivity contribution in [2.45, 2.75) is 31.7 Å². The molecule has 2 amide bonds. The highest BCUT2D eigenvalue weighted by Gasteiger charge is 2.21. The molecule has 1 atom stereocenters. The molecule has 1 aromatic carbocycles. The number of likely N-dealkylation sites (tertiary alicyclic amines) is 1. The lowest BCUT2D eigenvalue weighted by Crippen LogP contribution is -2.47. The average Bonchev–Trinajstić information content (AvgIpc) is 2.45. The molecule has 6 heteroatoms. The van der Waals surface area contributed by atoms with Crippen molar-refractivity contribution < 1.29 is 14.7 Å². The van der Waals surface area contributed by atoms with Gasteiger partial charge in [-0.05, 0) is 37.0 Å². The maximum absolute atomic E-state index is 12.2. The number of piperidine rings is 1. The van der Waals surface area contributed by atoms with Crippen LogP contribution >= 0.6 is 0 Å². The van der Waals surface area contributed by atoms with E-state index in [1.807, 2.05) is 18.2 Å². The molecule has 4 N–H and O–H groups in total. The predicted octanol–water partition coefficient (Wildman–Crippen LogP) is 1.66. The maximum atomic E-state index is 12.2. The van der Waals surface area contributed by atoms with Gasteiger partial charge < -0.3 is 21.1 Å². The maximum Gasteiger partial charge on any atom is 0.321 e. The number of nitrogens with zero attached hydrogens (tertiary/aromatic N) is 1. The number of urea groups is 1. The molecule has 1 unspecified atom stereocenters. The zero-order chi connectivity index (χ0) is 15.2. The molecule has 1 aliphatic rings. The third-order valence-electron chi connectivity index (χ3n) is 3.55. The van der Waals surface area contributed by atoms with Crippen molar-refractivity contribution in [2.24, 2.45) is 5.73 Å². The van der Waals surface area contributed by atoms with Crippen LogP contribution < -0.4 is 11.1 Å². The number of aryl methyl sites for hydroxylation is 1. The lowest BCUT2D eigenvalue weighted by molar-refractivity contribution is -0.136. The van der Waals surface area contributed by atoms with Crippen LogP contribution in [0, 0.1) is 0 Å². The molecule has 0 aliphatic carbocycles. The molecule has 1 fully saturated rings. The molecule has 0 saturated carbocycles. The summed E-state index contributed by atoms with van der Waals surface area (Å²) in [6, 6.07) is 7.17. The molecular weight excluding hydrogens is 270 g/mol. The average molecular weight is 291 g/mol. The van der Waals surface area contributed by atoms with Gasteiger partial charge >= 0.3 is 12.0 Å². The van der Waals surface area contributed by atoms with Gasteiger partial charge in [-0.3, -0.25) is 4.79 Å². The summed E-state index contributed by atoms with van der Waals surface area (Å²) in [5.74, 6) is -0.827. The van der Waals surface area contributed by atoms with E-state index in [-0.39, 0.29) is 18.5 Å². The van der Waals surface area contributed by atoms with Crippen molar-refractivity contribution in [3.05, 3.63) is 29.8 Å². The number of aliphatic carboxylic acids is 1. The molecule has 2 rings (SSSR count). The first-order valence-corrected chi connectivity index (χ1v) is 7.17. The van der Waals surface area contributed by atoms with Crippen LogP contribution in [0.25, 0.3) is 0 Å². The lowest BCUT2D eigenvalue weighted by atomic mass is 10.1. The van der Waals surface area contributed by atoms with Crippen molar-refractivity contribution in [3.63, 3.8) is 0 Å². The van der Waals surface area contributed by atoms with Crippen molar-refractivity contribution >= 4 is 17.7 Å². The predicted molar refractivity (Wildman–Crippen MR) is 80.2 cm³/mol. The molecular formula is C15H21N3O3. The zero-order valence-corrected chi connectivity index (χ0v) is 11.9. The van der Waals surface area contributed by atoms with Crippen LogP contribution in [0.4, 0.5) is 10.5 Å². The van der Waals surface area contributed by atoms with Crippen molar-refractivity contribution in [2.75, 3.05) is 18.4 Å². The Morgan fingerprint density at radius 1 is 1.43 bits per heavy atom. The van der Waals surface area contributed by atoms with Gasteiger partial charge in [-0.25, -0.2) is 4.79 Å². The number of carboxylic acids is 1. The van der Waals surface area contributed by atoms with Gasteiger partial charge in [0.25, 0.3) is 0 Å². The number of carbonyl (C=O) groups is 2. The number of hydrogen-bond acceptors (Lipinski definition) is 3. The number of carboxylic acid groups (broad SMARTS) is 1. The minimum absolute atomic E-state index is 0.0476. The fraction of sp³-hybridized carbons (Fsp3) is 0.467. The highest BCUT2D eigenvalue weighted by molar-refractivity contribution is 5.89. The first-order chi connectivity index (χ1) is 10.0. The van der Waals surface area contributed by atoms with Crippen LogP contribution in [0.1, 0.15) is 24.8 Å². The number of benzene rings is 1. The number of anilines is 1. The van der Waals surface area contributed by atoms with Crippen molar-refractivity contribution in [1.82, 2.24) is 4.90 Å². The van der Waals surface area contributed by atoms with Gasteiger partial charge in [0.2, 0.25) is 0 Å². The lowest BCUT2D eigenvalue weighted by Gasteiger charge is -2.30. The van der Waals surface area contributed by atoms with Crippen molar-refractivity contribution in [3.8, 4) is 0 Å². The zero-order valence-electron chi connectivity index (χ0n) is 11.9. The second-order valence-corrected chi connectivity index (χ2v) is 5.37. The normalized spacial score (nSPS) is 18.3. The van der Waals surface area contributed by atoms with E-state index >= 15 is 0 Å². The van der Waals surface area contributed by atoms with Crippen LogP contribution in [-0.4, -0.2) is 41.1 Å². The Kier molecular flexibility index (Phi) is 5.16. The van der Waals surface area contributed by atoms with E-state index in [1.54, 1.807) is 11.0 Å². The van der Waals surface area contributed by atoms with Crippen LogP contribution in [0.3, 0.4) is 0 Å². The van der Waals surface area contributed by atoms with Crippen LogP contribution in [0.15, 0.2) is 24.3 Å². The summed E-state index contributed by atoms with van der Waals surface area (Å²) in [6.07, 6.45) is 2.41. The van der Waals surface area contributed by atoms with E-state index in [4.69, 9.17) is 10.8 Å². The Balaban J connectivity index is 1.94. The number of nitrogens with two attached hydrogens (primary N) is 1. The number of amides is 2. The topological polar surface area (TPSA) is 95.7 Å². The Labute approximate surface area is 123 Å². The summed E-state index contributed by atoms with van der Waals surface area (Å²) in [7, 11) is 0. The Hall–Kier alpha value is -2.08. The molecule has 21 heavy (non-hydrogen) atoms. The summed E-state index contributed by atoms with van der Waals surface area (Å²) in [5, 5.41) is 11.5. The Morgan fingerprint density at radius 2 is 2.24 bits per heavy atom. The SMILES string of the molecule is NC1CCCN(C(=O)Nc2cccc(CCC(=O)O)c2)C1. The fourth-order valence-corrected chi connectivity index (χ4v) is 2.45. The monoisotopic (exact) mass is 291 g/mol. The smallest absolute Gasteiger partial charge is 0.321 e. The van der Waals surface area contributed by atoms with Gasteiger partial charge in [0, 0.05) is 31.2 Å². The molecule has 1 heterocycles. The Morgan fingerprint density at radius 3 is 2.95 bits per heavy atom. The summed E-state index contributed by atoms with van der Waals surface area (Å²) in [5.41, 5.74) is 7.45. The van der Waals surface area contributed by atoms with E-state index in [1.165, 1.54) is 0 Å². The van der Waals surface area contributed by atoms with Gasteiger partial charge in [-0.15, -0.1) is 0 Å². The molecule has 6 nitrogen and oxygen atoms in total. The fourth-order valence-electron chi connectivity index (χ4n) is 2.45. The van der Waals surface area contributed by atoms with Crippen molar-refractivity contribution in [1.29, 1.82) is 0 Å². The van der Waals surface area contributed by atoms with Gasteiger partial charge in [-0.2, -0.15) is 0 Å². The highest BCUT2D eigenvalue weighted by atomic mass is 16.4. The summed E-state index contributed by atoms with van der Waals surface area (Å²) >= 11 is 0. The largest absolute Gasteiger partial charge is 0.481 e. The van der Waals surface area contributed by atoms with E-state index in [0.717, 1.165) is 24.9 Å². The van der Waals surface area contributed by atoms with Gasteiger partial charge in [0.05, 0.1) is 0 Å². The number of carbonyl (C=O) groups excluding carboxylic acids is 1. The molecule has 1 aliphatic heterocycles. The van der Waals surface area contributed by atoms with E-state index in [9.17, 15) is 9.59 Å². The molecule has 1 aromatic rings. The summed E-state index contributed by atoms with van der Waals surface area (Å²) < 4.78 is 0. The van der Waals surface area contributed by atoms with Crippen LogP contribution in [-0.2, 0) is 11.2 Å². The third-order valence-corrected chi connectivity index (χ3v) is 3.55. The van der Waals surface area contributed by atoms with Crippen LogP contribution in [0.2, 0.25) is 0 Å². The third kappa shape index (κ3) is 4.75. The first-order valence-electron chi connectivity index (χ1n) is 7.17. The summed E-state index contributed by atoms with van der Waals surface area (Å²) in [6.45, 7) is 1.29. The van der Waals surface area contributed by atoms with Gasteiger partial charge in [0.15, 0.2) is 0 Å². The Bertz CT molecular complexity index is 519. The standard InChI is InChI=1S/C15H21N3O3/c16-12-4-2-8-18(10-12)15(21)17-13-5-1-3-11(9-13)6-7-14(19)20/h1,3,5,9,12H,2,4,6-8,10,16H2,(H,17,21)(H,19,20). The number of nitrogens with one attached hydrogen (secondary N) is 1. The minimum Gasteiger partial charge on any atom is -0.481 e. The minimum atomic E-state index is -0.827. The molecule has 0 aromatic heterocycles. The van der Waals surface area contributed by atoms with E-state index < -0.39 is 5.97 Å². The molecule has 1 saturated heterocycles. The van der Waals surface area contributed by atoms with Crippen LogP contribution in [0.5, 0.6) is 0 Å². The molecule has 0 radical (unpaired) electrons. The first kappa shape index (κ1) is 15.3.